The van der Waals surface area contributed by atoms with Gasteiger partial charge in [-0.05, 0) is 17.7 Å². The number of rotatable bonds is 0. The summed E-state index contributed by atoms with van der Waals surface area (Å²) < 4.78 is 1.31. The minimum Gasteiger partial charge on any atom is -0.268 e. The van der Waals surface area contributed by atoms with Gasteiger partial charge >= 0.3 is 0 Å². The monoisotopic (exact) mass is 170 g/mol. The molecule has 6 heteroatoms. The number of nitrogens with one attached hydrogen (secondary N) is 1. The highest BCUT2D eigenvalue weighted by Gasteiger charge is 2.00. The Hall–Kier alpha value is -1.36. The Balaban J connectivity index is 2.98. The van der Waals surface area contributed by atoms with Crippen molar-refractivity contribution in [2.24, 2.45) is 0 Å². The minimum absolute atomic E-state index is 0.151. The van der Waals surface area contributed by atoms with Gasteiger partial charge in [0.15, 0.2) is 5.65 Å². The first-order valence-electron chi connectivity index (χ1n) is 2.87. The Labute approximate surface area is 65.6 Å². The molecular weight excluding hydrogens is 168 g/mol. The highest BCUT2D eigenvalue weighted by molar-refractivity contribution is 6.28. The summed E-state index contributed by atoms with van der Waals surface area (Å²) in [5.74, 6) is 0. The van der Waals surface area contributed by atoms with E-state index in [1.165, 1.54) is 16.6 Å². The van der Waals surface area contributed by atoms with Crippen LogP contribution in [0.5, 0.6) is 0 Å². The highest BCUT2D eigenvalue weighted by Crippen LogP contribution is 2.02. The zero-order valence-electron chi connectivity index (χ0n) is 5.28. The lowest BCUT2D eigenvalue weighted by Crippen LogP contribution is -2.08. The maximum Gasteiger partial charge on any atom is 0.263 e. The van der Waals surface area contributed by atoms with Crippen molar-refractivity contribution in [3.05, 3.63) is 27.8 Å². The fourth-order valence-corrected chi connectivity index (χ4v) is 0.952. The lowest BCUT2D eigenvalue weighted by atomic mass is 10.6. The molecule has 0 spiro atoms. The molecule has 0 unspecified atom stereocenters. The zero-order valence-corrected chi connectivity index (χ0v) is 6.04. The molecule has 2 aromatic heterocycles. The van der Waals surface area contributed by atoms with Gasteiger partial charge in [0.1, 0.15) is 0 Å². The standard InChI is InChI=1S/C5H3ClN4O/c6-5-8-7-3-1-2-4(11)9-10(3)5/h1-2H,(H,9,11). The van der Waals surface area contributed by atoms with Gasteiger partial charge in [-0.3, -0.25) is 9.89 Å². The molecule has 0 bridgehead atoms. The van der Waals surface area contributed by atoms with Gasteiger partial charge in [0.25, 0.3) is 5.56 Å². The van der Waals surface area contributed by atoms with Gasteiger partial charge in [0.2, 0.25) is 5.28 Å². The number of nitrogens with zero attached hydrogens (tertiary/aromatic N) is 3. The van der Waals surface area contributed by atoms with E-state index in [0.29, 0.717) is 5.65 Å². The molecule has 1 N–H and O–H groups in total. The normalized spacial score (nSPS) is 10.6. The number of aromatic nitrogens is 4. The first kappa shape index (κ1) is 6.36. The molecular formula is C5H3ClN4O. The lowest BCUT2D eigenvalue weighted by Gasteiger charge is -1.88. The van der Waals surface area contributed by atoms with Crippen LogP contribution in [0.4, 0.5) is 0 Å². The van der Waals surface area contributed by atoms with E-state index in [2.05, 4.69) is 15.3 Å². The van der Waals surface area contributed by atoms with Crippen molar-refractivity contribution in [2.45, 2.75) is 0 Å². The van der Waals surface area contributed by atoms with E-state index in [0.717, 1.165) is 0 Å². The summed E-state index contributed by atoms with van der Waals surface area (Å²) in [7, 11) is 0. The van der Waals surface area contributed by atoms with Crippen LogP contribution >= 0.6 is 11.6 Å². The van der Waals surface area contributed by atoms with Crippen LogP contribution in [-0.4, -0.2) is 19.8 Å². The van der Waals surface area contributed by atoms with E-state index in [4.69, 9.17) is 11.6 Å². The van der Waals surface area contributed by atoms with Crippen LogP contribution in [0.15, 0.2) is 16.9 Å². The van der Waals surface area contributed by atoms with Gasteiger partial charge in [-0.1, -0.05) is 0 Å². The predicted molar refractivity (Wildman–Crippen MR) is 38.6 cm³/mol. The van der Waals surface area contributed by atoms with Crippen molar-refractivity contribution < 1.29 is 0 Å². The van der Waals surface area contributed by atoms with Gasteiger partial charge < -0.3 is 0 Å². The summed E-state index contributed by atoms with van der Waals surface area (Å²) in [6.45, 7) is 0. The highest BCUT2D eigenvalue weighted by atomic mass is 35.5. The topological polar surface area (TPSA) is 63.1 Å². The van der Waals surface area contributed by atoms with E-state index >= 15 is 0 Å². The van der Waals surface area contributed by atoms with Gasteiger partial charge in [-0.25, -0.2) is 4.52 Å². The Kier molecular flexibility index (Phi) is 1.19. The van der Waals surface area contributed by atoms with Gasteiger partial charge in [0.05, 0.1) is 0 Å². The second kappa shape index (κ2) is 2.06. The third-order valence-electron chi connectivity index (χ3n) is 1.25. The largest absolute Gasteiger partial charge is 0.268 e. The Morgan fingerprint density at radius 1 is 1.45 bits per heavy atom. The molecule has 2 heterocycles. The van der Waals surface area contributed by atoms with E-state index in [9.17, 15) is 4.79 Å². The molecule has 0 fully saturated rings. The predicted octanol–water partition coefficient (Wildman–Crippen LogP) is 0.0710. The van der Waals surface area contributed by atoms with Gasteiger partial charge in [-0.15, -0.1) is 10.2 Å². The van der Waals surface area contributed by atoms with Crippen LogP contribution in [0.2, 0.25) is 5.28 Å². The molecule has 56 valence electrons. The molecule has 0 aliphatic carbocycles. The minimum atomic E-state index is -0.237. The summed E-state index contributed by atoms with van der Waals surface area (Å²) in [6, 6.07) is 2.90. The summed E-state index contributed by atoms with van der Waals surface area (Å²) in [6.07, 6.45) is 0. The first-order chi connectivity index (χ1) is 5.27. The fraction of sp³-hybridized carbons (Fsp3) is 0. The van der Waals surface area contributed by atoms with Crippen molar-refractivity contribution >= 4 is 17.2 Å². The zero-order chi connectivity index (χ0) is 7.84. The van der Waals surface area contributed by atoms with Crippen molar-refractivity contribution in [2.75, 3.05) is 0 Å². The number of aromatic amines is 1. The van der Waals surface area contributed by atoms with Crippen LogP contribution in [0.25, 0.3) is 5.65 Å². The number of fused-ring (bicyclic) bond motifs is 1. The Morgan fingerprint density at radius 2 is 2.27 bits per heavy atom. The summed E-state index contributed by atoms with van der Waals surface area (Å²) in [5, 5.41) is 9.81. The summed E-state index contributed by atoms with van der Waals surface area (Å²) in [4.78, 5) is 10.7. The lowest BCUT2D eigenvalue weighted by molar-refractivity contribution is 0.898. The smallest absolute Gasteiger partial charge is 0.263 e. The number of H-pyrrole nitrogens is 1. The molecule has 0 aliphatic rings. The van der Waals surface area contributed by atoms with Crippen LogP contribution in [0.3, 0.4) is 0 Å². The molecule has 0 aromatic carbocycles. The summed E-state index contributed by atoms with van der Waals surface area (Å²) >= 11 is 5.56. The van der Waals surface area contributed by atoms with Gasteiger partial charge in [-0.2, -0.15) is 0 Å². The van der Waals surface area contributed by atoms with E-state index < -0.39 is 0 Å². The quantitative estimate of drug-likeness (QED) is 0.609. The number of hydrogen-bond acceptors (Lipinski definition) is 3. The maximum absolute atomic E-state index is 10.7. The fourth-order valence-electron chi connectivity index (χ4n) is 0.785. The maximum atomic E-state index is 10.7. The average molecular weight is 171 g/mol. The van der Waals surface area contributed by atoms with Crippen molar-refractivity contribution in [1.29, 1.82) is 0 Å². The third-order valence-corrected chi connectivity index (χ3v) is 1.50. The number of hydrogen-bond donors (Lipinski definition) is 1. The van der Waals surface area contributed by atoms with Crippen LogP contribution < -0.4 is 5.56 Å². The third kappa shape index (κ3) is 0.894. The molecule has 11 heavy (non-hydrogen) atoms. The van der Waals surface area contributed by atoms with E-state index in [1.807, 2.05) is 0 Å². The molecule has 0 amide bonds. The van der Waals surface area contributed by atoms with Gasteiger partial charge in [0, 0.05) is 6.07 Å². The van der Waals surface area contributed by atoms with E-state index in [-0.39, 0.29) is 10.8 Å². The molecule has 0 saturated heterocycles. The van der Waals surface area contributed by atoms with E-state index in [1.54, 1.807) is 0 Å². The summed E-state index contributed by atoms with van der Waals surface area (Å²) in [5.41, 5.74) is 0.286. The molecule has 0 saturated carbocycles. The average Bonchev–Trinajstić information content (AvgIpc) is 2.33. The first-order valence-corrected chi connectivity index (χ1v) is 3.25. The van der Waals surface area contributed by atoms with Crippen molar-refractivity contribution in [3.63, 3.8) is 0 Å². The SMILES string of the molecule is O=c1ccc2nnc(Cl)n2[nH]1. The Morgan fingerprint density at radius 3 is 3.09 bits per heavy atom. The van der Waals surface area contributed by atoms with Crippen LogP contribution in [-0.2, 0) is 0 Å². The molecule has 5 nitrogen and oxygen atoms in total. The van der Waals surface area contributed by atoms with Crippen LogP contribution in [0, 0.1) is 0 Å². The molecule has 2 aromatic rings. The second-order valence-electron chi connectivity index (χ2n) is 1.97. The van der Waals surface area contributed by atoms with Crippen LogP contribution in [0.1, 0.15) is 0 Å². The van der Waals surface area contributed by atoms with Crippen molar-refractivity contribution in [1.82, 2.24) is 19.8 Å². The van der Waals surface area contributed by atoms with Crippen molar-refractivity contribution in [3.8, 4) is 0 Å². The molecule has 0 aliphatic heterocycles. The molecule has 2 rings (SSSR count). The molecule has 0 radical (unpaired) electrons. The Bertz CT molecular complexity index is 445. The number of halogens is 1. The molecule has 0 atom stereocenters. The second-order valence-corrected chi connectivity index (χ2v) is 2.31.